The number of nitrogens with zero attached hydrogens (tertiary/aromatic N) is 6. The maximum Gasteiger partial charge on any atom is 0.358 e. The van der Waals surface area contributed by atoms with Crippen LogP contribution in [0.4, 0.5) is 0 Å². The molecule has 8 rings (SSSR count). The monoisotopic (exact) mass is 868 g/mol. The fourth-order valence-corrected chi connectivity index (χ4v) is 8.27. The molecule has 0 saturated carbocycles. The van der Waals surface area contributed by atoms with Crippen molar-refractivity contribution in [3.05, 3.63) is 166 Å². The maximum atomic E-state index is 13.4. The van der Waals surface area contributed by atoms with E-state index >= 15 is 0 Å². The largest absolute Gasteiger partial charge is 0.458 e. The van der Waals surface area contributed by atoms with Gasteiger partial charge in [-0.3, -0.25) is 19.1 Å². The Labute approximate surface area is 370 Å². The first-order chi connectivity index (χ1) is 30.5. The van der Waals surface area contributed by atoms with E-state index in [9.17, 15) is 9.59 Å². The van der Waals surface area contributed by atoms with Gasteiger partial charge in [0.05, 0.1) is 60.5 Å². The fourth-order valence-electron chi connectivity index (χ4n) is 7.24. The second kappa shape index (κ2) is 19.0. The molecule has 6 aromatic rings. The van der Waals surface area contributed by atoms with Crippen molar-refractivity contribution in [1.29, 1.82) is 0 Å². The highest BCUT2D eigenvalue weighted by Gasteiger charge is 2.27. The Balaban J connectivity index is 0.888. The SMILES string of the molecule is C[SiH](C)CC#Cc1ccc2c(c1)C(c1ccccc1)=NCc1c(C(=O)OCCOCCOC(=O)c3ncn4c3CN=C(c3ccccc3)c3cc(C#C[Si](C)(C)C)ccc3-4)ncn1-2. The van der Waals surface area contributed by atoms with Gasteiger partial charge >= 0.3 is 11.9 Å². The molecular formula is C50H48N6O5Si2. The zero-order valence-corrected chi connectivity index (χ0v) is 38.3. The number of aliphatic imine (C=N–C) groups is 2. The van der Waals surface area contributed by atoms with Crippen molar-refractivity contribution in [2.75, 3.05) is 26.4 Å². The lowest BCUT2D eigenvalue weighted by atomic mass is 9.98. The van der Waals surface area contributed by atoms with Crippen LogP contribution in [-0.4, -0.2) is 85.8 Å². The van der Waals surface area contributed by atoms with E-state index in [0.717, 1.165) is 62.2 Å². The van der Waals surface area contributed by atoms with E-state index in [2.05, 4.69) is 78.1 Å². The minimum Gasteiger partial charge on any atom is -0.458 e. The molecule has 0 aliphatic carbocycles. The number of hydrogen-bond donors (Lipinski definition) is 0. The molecule has 11 nitrogen and oxygen atoms in total. The summed E-state index contributed by atoms with van der Waals surface area (Å²) in [4.78, 5) is 45.7. The first kappa shape index (κ1) is 42.8. The lowest BCUT2D eigenvalue weighted by Crippen LogP contribution is -2.16. The Morgan fingerprint density at radius 2 is 1.13 bits per heavy atom. The summed E-state index contributed by atoms with van der Waals surface area (Å²) in [6.45, 7) is 11.8. The second-order valence-corrected chi connectivity index (χ2v) is 24.6. The van der Waals surface area contributed by atoms with Crippen LogP contribution in [0.25, 0.3) is 11.4 Å². The number of carbonyl (C=O) groups excluding carboxylic acids is 2. The third-order valence-corrected chi connectivity index (χ3v) is 12.2. The Hall–Kier alpha value is -6.91. The highest BCUT2D eigenvalue weighted by Crippen LogP contribution is 2.30. The predicted molar refractivity (Wildman–Crippen MR) is 251 cm³/mol. The number of aromatic nitrogens is 4. The first-order valence-electron chi connectivity index (χ1n) is 21.1. The molecule has 0 saturated heterocycles. The van der Waals surface area contributed by atoms with Crippen molar-refractivity contribution in [3.63, 3.8) is 0 Å². The summed E-state index contributed by atoms with van der Waals surface area (Å²) in [5, 5.41) is 0. The van der Waals surface area contributed by atoms with Gasteiger partial charge in [-0.05, 0) is 36.4 Å². The fraction of sp³-hybridized carbons (Fsp3) is 0.240. The number of benzene rings is 4. The zero-order chi connectivity index (χ0) is 43.9. The summed E-state index contributed by atoms with van der Waals surface area (Å²) in [5.41, 5.74) is 14.0. The van der Waals surface area contributed by atoms with Gasteiger partial charge in [0, 0.05) is 48.2 Å². The van der Waals surface area contributed by atoms with Crippen LogP contribution in [0.3, 0.4) is 0 Å². The van der Waals surface area contributed by atoms with Gasteiger partial charge in [0.1, 0.15) is 33.9 Å². The number of ether oxygens (including phenoxy) is 3. The van der Waals surface area contributed by atoms with Gasteiger partial charge in [0.25, 0.3) is 0 Å². The van der Waals surface area contributed by atoms with Gasteiger partial charge in [-0.25, -0.2) is 19.6 Å². The Morgan fingerprint density at radius 1 is 0.651 bits per heavy atom. The lowest BCUT2D eigenvalue weighted by Gasteiger charge is -2.13. The molecule has 0 spiro atoms. The van der Waals surface area contributed by atoms with Crippen LogP contribution in [0.1, 0.15) is 65.7 Å². The minimum absolute atomic E-state index is 0.0172. The van der Waals surface area contributed by atoms with Gasteiger partial charge in [-0.2, -0.15) is 0 Å². The Kier molecular flexibility index (Phi) is 12.9. The van der Waals surface area contributed by atoms with E-state index in [1.165, 1.54) is 0 Å². The van der Waals surface area contributed by atoms with Crippen LogP contribution < -0.4 is 0 Å². The lowest BCUT2D eigenvalue weighted by molar-refractivity contribution is 0.0145. The van der Waals surface area contributed by atoms with Crippen LogP contribution in [0.15, 0.2) is 120 Å². The van der Waals surface area contributed by atoms with Gasteiger partial charge in [-0.1, -0.05) is 105 Å². The molecule has 0 N–H and O–H groups in total. The molecule has 0 atom stereocenters. The third kappa shape index (κ3) is 9.92. The normalized spacial score (nSPS) is 12.7. The average Bonchev–Trinajstić information content (AvgIpc) is 3.82. The molecule has 2 aliphatic heterocycles. The van der Waals surface area contributed by atoms with Gasteiger partial charge in [0.15, 0.2) is 11.4 Å². The molecule has 4 heterocycles. The third-order valence-electron chi connectivity index (χ3n) is 10.3. The molecule has 4 aromatic carbocycles. The van der Waals surface area contributed by atoms with Crippen LogP contribution in [-0.2, 0) is 27.3 Å². The Bertz CT molecular complexity index is 2870. The number of esters is 2. The van der Waals surface area contributed by atoms with Crippen molar-refractivity contribution < 1.29 is 23.8 Å². The molecule has 0 radical (unpaired) electrons. The van der Waals surface area contributed by atoms with E-state index in [0.29, 0.717) is 11.4 Å². The number of imidazole rings is 2. The smallest absolute Gasteiger partial charge is 0.358 e. The highest BCUT2D eigenvalue weighted by atomic mass is 28.3. The van der Waals surface area contributed by atoms with Crippen molar-refractivity contribution in [2.24, 2.45) is 9.98 Å². The quantitative estimate of drug-likeness (QED) is 0.0563. The number of fused-ring (bicyclic) bond motifs is 6. The summed E-state index contributed by atoms with van der Waals surface area (Å²) in [6.07, 6.45) is 3.28. The van der Waals surface area contributed by atoms with E-state index < -0.39 is 28.8 Å². The summed E-state index contributed by atoms with van der Waals surface area (Å²) >= 11 is 0. The van der Waals surface area contributed by atoms with Crippen molar-refractivity contribution in [1.82, 2.24) is 19.1 Å². The molecule has 0 bridgehead atoms. The standard InChI is InChI=1S/C50H48N6O5Si2/c1-62(2)27-12-13-35-18-20-41-39(29-35)45(37-14-8-6-9-15-37)51-31-43-47(53-33-55(41)43)49(57)60-25-23-59-24-26-61-50(58)48-44-32-52-46(38-16-10-7-11-17-38)40-30-36(22-28-63(3,4)5)19-21-42(40)56(44)34-54-48/h6-11,14-21,29-30,33-34,62H,23-27,31-32H2,1-5H3. The van der Waals surface area contributed by atoms with E-state index in [4.69, 9.17) is 24.2 Å². The Morgan fingerprint density at radius 3 is 1.59 bits per heavy atom. The molecule has 63 heavy (non-hydrogen) atoms. The number of carbonyl (C=O) groups is 2. The minimum atomic E-state index is -1.60. The molecule has 316 valence electrons. The average molecular weight is 869 g/mol. The van der Waals surface area contributed by atoms with E-state index in [-0.39, 0.29) is 50.9 Å². The van der Waals surface area contributed by atoms with Gasteiger partial charge < -0.3 is 14.2 Å². The second-order valence-electron chi connectivity index (χ2n) is 16.6. The van der Waals surface area contributed by atoms with Crippen molar-refractivity contribution >= 4 is 40.2 Å². The molecule has 13 heteroatoms. The van der Waals surface area contributed by atoms with Crippen LogP contribution in [0.2, 0.25) is 38.8 Å². The van der Waals surface area contributed by atoms with E-state index in [1.54, 1.807) is 12.7 Å². The number of hydrogen-bond acceptors (Lipinski definition) is 9. The summed E-state index contributed by atoms with van der Waals surface area (Å²) in [7, 11) is -2.40. The summed E-state index contributed by atoms with van der Waals surface area (Å²) in [6, 6.07) is 33.1. The highest BCUT2D eigenvalue weighted by molar-refractivity contribution is 6.83. The van der Waals surface area contributed by atoms with Crippen LogP contribution in [0, 0.1) is 23.3 Å². The van der Waals surface area contributed by atoms with Gasteiger partial charge in [-0.15, -0.1) is 11.5 Å². The molecule has 2 aliphatic rings. The molecule has 0 fully saturated rings. The van der Waals surface area contributed by atoms with Crippen LogP contribution >= 0.6 is 0 Å². The van der Waals surface area contributed by atoms with Crippen molar-refractivity contribution in [3.8, 4) is 34.7 Å². The molecule has 0 unspecified atom stereocenters. The van der Waals surface area contributed by atoms with Crippen LogP contribution in [0.5, 0.6) is 0 Å². The molecule has 2 aromatic heterocycles. The predicted octanol–water partition coefficient (Wildman–Crippen LogP) is 7.86. The first-order valence-corrected chi connectivity index (χ1v) is 27.7. The zero-order valence-electron chi connectivity index (χ0n) is 36.1. The molecular weight excluding hydrogens is 821 g/mol. The maximum absolute atomic E-state index is 13.4. The molecule has 0 amide bonds. The van der Waals surface area contributed by atoms with Crippen molar-refractivity contribution in [2.45, 2.75) is 51.9 Å². The summed E-state index contributed by atoms with van der Waals surface area (Å²) < 4.78 is 20.7. The topological polar surface area (TPSA) is 122 Å². The summed E-state index contributed by atoms with van der Waals surface area (Å²) in [5.74, 6) is 8.89. The number of rotatable bonds is 11. The van der Waals surface area contributed by atoms with Gasteiger partial charge in [0.2, 0.25) is 0 Å². The van der Waals surface area contributed by atoms with E-state index in [1.807, 2.05) is 94.1 Å².